The number of nitrogens with zero attached hydrogens (tertiary/aromatic N) is 2. The standard InChI is InChI=1S/C34H54N4O6/c1-7-14-27(32(41)36-28(22-25-15-10-8-11-16-25)31(40)29(39)21-24(2)3)35-33(42)30(23-26-17-12-9-13-18-26)44-34(43)38(6)20-19-37(4)5/h1,9,12-13,17-18,24-25,27-31,39-40H,8,10-11,14-16,19-23H2,2-6H3,(H,35,42)(H,36,41)/t27-,28?,29?,30?,31+/m0/s1. The number of ether oxygens (including phenoxy) is 1. The molecular weight excluding hydrogens is 560 g/mol. The molecule has 0 heterocycles. The summed E-state index contributed by atoms with van der Waals surface area (Å²) in [5, 5.41) is 27.5. The van der Waals surface area contributed by atoms with Crippen LogP contribution in [0, 0.1) is 24.2 Å². The first-order chi connectivity index (χ1) is 20.9. The molecule has 0 radical (unpaired) electrons. The van der Waals surface area contributed by atoms with Gasteiger partial charge in [0.25, 0.3) is 5.91 Å². The number of carbonyl (C=O) groups is 3. The number of aliphatic hydroxyl groups is 2. The first-order valence-corrected chi connectivity index (χ1v) is 15.9. The molecule has 1 saturated carbocycles. The van der Waals surface area contributed by atoms with E-state index in [2.05, 4.69) is 16.6 Å². The third-order valence-electron chi connectivity index (χ3n) is 8.11. The maximum absolute atomic E-state index is 13.6. The number of likely N-dealkylation sites (N-methyl/N-ethyl adjacent to an activating group) is 2. The van der Waals surface area contributed by atoms with E-state index < -0.39 is 48.3 Å². The quantitative estimate of drug-likeness (QED) is 0.199. The largest absolute Gasteiger partial charge is 0.436 e. The Morgan fingerprint density at radius 1 is 1.00 bits per heavy atom. The summed E-state index contributed by atoms with van der Waals surface area (Å²) in [5.74, 6) is 1.72. The Balaban J connectivity index is 2.21. The SMILES string of the molecule is C#CC[C@H](NC(=O)C(Cc1ccccc1)OC(=O)N(C)CCN(C)C)C(=O)NC(CC1CCCCC1)[C@@H](O)C(O)CC(C)C. The van der Waals surface area contributed by atoms with Crippen LogP contribution in [-0.2, 0) is 20.7 Å². The molecule has 2 rings (SSSR count). The molecular formula is C34H54N4O6. The molecule has 1 aromatic rings. The molecule has 5 atom stereocenters. The first-order valence-electron chi connectivity index (χ1n) is 15.9. The number of hydrogen-bond acceptors (Lipinski definition) is 7. The fourth-order valence-electron chi connectivity index (χ4n) is 5.50. The highest BCUT2D eigenvalue weighted by atomic mass is 16.6. The van der Waals surface area contributed by atoms with E-state index >= 15 is 0 Å². The molecule has 0 spiro atoms. The van der Waals surface area contributed by atoms with Gasteiger partial charge in [0, 0.05) is 33.0 Å². The predicted molar refractivity (Wildman–Crippen MR) is 172 cm³/mol. The van der Waals surface area contributed by atoms with Crippen LogP contribution in [0.25, 0.3) is 0 Å². The predicted octanol–water partition coefficient (Wildman–Crippen LogP) is 2.96. The van der Waals surface area contributed by atoms with Crippen molar-refractivity contribution >= 4 is 17.9 Å². The smallest absolute Gasteiger partial charge is 0.410 e. The van der Waals surface area contributed by atoms with E-state index in [1.807, 2.05) is 63.2 Å². The lowest BCUT2D eigenvalue weighted by molar-refractivity contribution is -0.135. The van der Waals surface area contributed by atoms with Crippen molar-refractivity contribution in [3.8, 4) is 12.3 Å². The van der Waals surface area contributed by atoms with E-state index in [0.717, 1.165) is 31.2 Å². The van der Waals surface area contributed by atoms with Crippen LogP contribution in [-0.4, -0.2) is 103 Å². The van der Waals surface area contributed by atoms with Gasteiger partial charge in [-0.2, -0.15) is 0 Å². The van der Waals surface area contributed by atoms with E-state index in [4.69, 9.17) is 11.2 Å². The average molecular weight is 615 g/mol. The van der Waals surface area contributed by atoms with E-state index in [9.17, 15) is 24.6 Å². The zero-order chi connectivity index (χ0) is 32.6. The maximum Gasteiger partial charge on any atom is 0.410 e. The summed E-state index contributed by atoms with van der Waals surface area (Å²) in [6.45, 7) is 4.94. The zero-order valence-electron chi connectivity index (χ0n) is 27.2. The second-order valence-corrected chi connectivity index (χ2v) is 12.8. The third kappa shape index (κ3) is 13.2. The van der Waals surface area contributed by atoms with Gasteiger partial charge < -0.3 is 35.4 Å². The molecule has 0 aliphatic heterocycles. The van der Waals surface area contributed by atoms with Crippen LogP contribution in [0.2, 0.25) is 0 Å². The molecule has 0 saturated heterocycles. The number of rotatable bonds is 17. The van der Waals surface area contributed by atoms with E-state index in [1.54, 1.807) is 7.05 Å². The van der Waals surface area contributed by atoms with E-state index in [-0.39, 0.29) is 18.8 Å². The zero-order valence-corrected chi connectivity index (χ0v) is 27.2. The monoisotopic (exact) mass is 614 g/mol. The van der Waals surface area contributed by atoms with Crippen molar-refractivity contribution < 1.29 is 29.3 Å². The van der Waals surface area contributed by atoms with Gasteiger partial charge in [-0.05, 0) is 44.3 Å². The molecule has 1 aromatic carbocycles. The van der Waals surface area contributed by atoms with Crippen LogP contribution >= 0.6 is 0 Å². The van der Waals surface area contributed by atoms with Gasteiger partial charge in [-0.1, -0.05) is 76.3 Å². The van der Waals surface area contributed by atoms with Crippen molar-refractivity contribution in [2.75, 3.05) is 34.2 Å². The van der Waals surface area contributed by atoms with Gasteiger partial charge in [0.15, 0.2) is 6.10 Å². The summed E-state index contributed by atoms with van der Waals surface area (Å²) in [6.07, 6.45) is 7.81. The number of amides is 3. The highest BCUT2D eigenvalue weighted by molar-refractivity contribution is 5.90. The van der Waals surface area contributed by atoms with Gasteiger partial charge in [-0.15, -0.1) is 12.3 Å². The molecule has 44 heavy (non-hydrogen) atoms. The van der Waals surface area contributed by atoms with Gasteiger partial charge in [-0.3, -0.25) is 9.59 Å². The summed E-state index contributed by atoms with van der Waals surface area (Å²) >= 11 is 0. The topological polar surface area (TPSA) is 131 Å². The molecule has 3 amide bonds. The van der Waals surface area contributed by atoms with Gasteiger partial charge in [-0.25, -0.2) is 4.79 Å². The fourth-order valence-corrected chi connectivity index (χ4v) is 5.50. The van der Waals surface area contributed by atoms with Crippen molar-refractivity contribution in [2.24, 2.45) is 11.8 Å². The first kappa shape index (κ1) is 37.1. The van der Waals surface area contributed by atoms with Crippen molar-refractivity contribution in [2.45, 2.75) is 102 Å². The number of terminal acetylenes is 1. The lowest BCUT2D eigenvalue weighted by Gasteiger charge is -2.33. The number of carbonyl (C=O) groups excluding carboxylic acids is 3. The summed E-state index contributed by atoms with van der Waals surface area (Å²) in [7, 11) is 5.39. The minimum Gasteiger partial charge on any atom is -0.436 e. The molecule has 0 aromatic heterocycles. The number of hydrogen-bond donors (Lipinski definition) is 4. The summed E-state index contributed by atoms with van der Waals surface area (Å²) in [6, 6.07) is 7.33. The molecule has 4 N–H and O–H groups in total. The summed E-state index contributed by atoms with van der Waals surface area (Å²) in [4.78, 5) is 43.4. The van der Waals surface area contributed by atoms with Crippen molar-refractivity contribution in [3.63, 3.8) is 0 Å². The van der Waals surface area contributed by atoms with Crippen LogP contribution in [0.1, 0.15) is 70.8 Å². The maximum atomic E-state index is 13.6. The van der Waals surface area contributed by atoms with Gasteiger partial charge in [0.2, 0.25) is 5.91 Å². The molecule has 1 fully saturated rings. The minimum atomic E-state index is -1.21. The Labute approximate surface area is 263 Å². The number of benzene rings is 1. The molecule has 0 bridgehead atoms. The highest BCUT2D eigenvalue weighted by Crippen LogP contribution is 2.29. The fraction of sp³-hybridized carbons (Fsp3) is 0.676. The third-order valence-corrected chi connectivity index (χ3v) is 8.11. The highest BCUT2D eigenvalue weighted by Gasteiger charge is 2.34. The van der Waals surface area contributed by atoms with Crippen molar-refractivity contribution in [1.82, 2.24) is 20.4 Å². The van der Waals surface area contributed by atoms with Gasteiger partial charge >= 0.3 is 6.09 Å². The molecule has 10 heteroatoms. The van der Waals surface area contributed by atoms with Gasteiger partial charge in [0.1, 0.15) is 12.1 Å². The van der Waals surface area contributed by atoms with Crippen LogP contribution < -0.4 is 10.6 Å². The van der Waals surface area contributed by atoms with Crippen molar-refractivity contribution in [3.05, 3.63) is 35.9 Å². The number of nitrogens with one attached hydrogen (secondary N) is 2. The van der Waals surface area contributed by atoms with Crippen LogP contribution in [0.3, 0.4) is 0 Å². The van der Waals surface area contributed by atoms with Gasteiger partial charge in [0.05, 0.1) is 12.1 Å². The lowest BCUT2D eigenvalue weighted by Crippen LogP contribution is -2.56. The second kappa shape index (κ2) is 19.3. The lowest BCUT2D eigenvalue weighted by atomic mass is 9.82. The number of aliphatic hydroxyl groups excluding tert-OH is 2. The normalized spacial score (nSPS) is 17.2. The van der Waals surface area contributed by atoms with Crippen LogP contribution in [0.15, 0.2) is 30.3 Å². The average Bonchev–Trinajstić information content (AvgIpc) is 2.99. The second-order valence-electron chi connectivity index (χ2n) is 12.8. The van der Waals surface area contributed by atoms with Crippen LogP contribution in [0.5, 0.6) is 0 Å². The Morgan fingerprint density at radius 3 is 2.25 bits per heavy atom. The van der Waals surface area contributed by atoms with E-state index in [0.29, 0.717) is 31.8 Å². The molecule has 1 aliphatic rings. The van der Waals surface area contributed by atoms with Crippen LogP contribution in [0.4, 0.5) is 4.79 Å². The Hall–Kier alpha value is -3.13. The Morgan fingerprint density at radius 2 is 1.66 bits per heavy atom. The Kier molecular flexibility index (Phi) is 16.3. The summed E-state index contributed by atoms with van der Waals surface area (Å²) < 4.78 is 5.66. The Bertz CT molecular complexity index is 1050. The summed E-state index contributed by atoms with van der Waals surface area (Å²) in [5.41, 5.74) is 0.782. The minimum absolute atomic E-state index is 0.104. The molecule has 10 nitrogen and oxygen atoms in total. The molecule has 1 aliphatic carbocycles. The molecule has 246 valence electrons. The van der Waals surface area contributed by atoms with E-state index in [1.165, 1.54) is 11.3 Å². The van der Waals surface area contributed by atoms with Crippen molar-refractivity contribution in [1.29, 1.82) is 0 Å². The molecule has 3 unspecified atom stereocenters.